The maximum absolute atomic E-state index is 13.3. The molecule has 0 spiro atoms. The van der Waals surface area contributed by atoms with Crippen molar-refractivity contribution in [2.75, 3.05) is 13.1 Å². The summed E-state index contributed by atoms with van der Waals surface area (Å²) in [5.74, 6) is 0. The summed E-state index contributed by atoms with van der Waals surface area (Å²) >= 11 is 0. The Hall–Kier alpha value is -0.890. The van der Waals surface area contributed by atoms with E-state index in [1.54, 1.807) is 0 Å². The summed E-state index contributed by atoms with van der Waals surface area (Å²) in [5, 5.41) is 2.97. The molecule has 1 unspecified atom stereocenters. The number of hydrogen-bond acceptors (Lipinski definition) is 1. The quantitative estimate of drug-likeness (QED) is 0.725. The number of benzene rings is 1. The van der Waals surface area contributed by atoms with Crippen LogP contribution < -0.4 is 5.32 Å². The zero-order valence-corrected chi connectivity index (χ0v) is 7.26. The minimum atomic E-state index is -0.883. The second-order valence-electron chi connectivity index (χ2n) is 2.69. The van der Waals surface area contributed by atoms with Crippen LogP contribution in [0.2, 0.25) is 0 Å². The Morgan fingerprint density at radius 1 is 1.33 bits per heavy atom. The van der Waals surface area contributed by atoms with Crippen molar-refractivity contribution in [1.82, 2.24) is 5.32 Å². The van der Waals surface area contributed by atoms with Crippen molar-refractivity contribution in [3.05, 3.63) is 35.9 Å². The maximum atomic E-state index is 13.3. The van der Waals surface area contributed by atoms with Crippen LogP contribution in [0.1, 0.15) is 18.7 Å². The Balaban J connectivity index is 2.48. The van der Waals surface area contributed by atoms with E-state index in [0.29, 0.717) is 6.54 Å². The summed E-state index contributed by atoms with van der Waals surface area (Å²) in [6.45, 7) is 3.19. The Labute approximate surface area is 72.6 Å². The molecule has 0 amide bonds. The molecule has 1 N–H and O–H groups in total. The Bertz CT molecular complexity index is 210. The minimum Gasteiger partial charge on any atom is -0.314 e. The molecule has 0 aliphatic carbocycles. The van der Waals surface area contributed by atoms with Crippen LogP contribution in [0.25, 0.3) is 0 Å². The largest absolute Gasteiger partial charge is 0.314 e. The molecule has 1 nitrogen and oxygen atoms in total. The van der Waals surface area contributed by atoms with Gasteiger partial charge in [-0.2, -0.15) is 0 Å². The van der Waals surface area contributed by atoms with E-state index in [-0.39, 0.29) is 0 Å². The Kier molecular flexibility index (Phi) is 3.74. The summed E-state index contributed by atoms with van der Waals surface area (Å²) in [7, 11) is 0. The molecule has 2 heteroatoms. The normalized spacial score (nSPS) is 12.8. The first-order chi connectivity index (χ1) is 5.84. The topological polar surface area (TPSA) is 12.0 Å². The number of hydrogen-bond donors (Lipinski definition) is 1. The fourth-order valence-electron chi connectivity index (χ4n) is 1.05. The predicted molar refractivity (Wildman–Crippen MR) is 48.8 cm³/mol. The van der Waals surface area contributed by atoms with Crippen molar-refractivity contribution in [3.63, 3.8) is 0 Å². The van der Waals surface area contributed by atoms with Crippen LogP contribution in [0, 0.1) is 0 Å². The van der Waals surface area contributed by atoms with Crippen molar-refractivity contribution in [2.24, 2.45) is 0 Å². The lowest BCUT2D eigenvalue weighted by Crippen LogP contribution is -2.18. The smallest absolute Gasteiger partial charge is 0.137 e. The summed E-state index contributed by atoms with van der Waals surface area (Å²) in [6.07, 6.45) is -0.883. The van der Waals surface area contributed by atoms with E-state index in [9.17, 15) is 4.39 Å². The molecule has 1 aromatic rings. The zero-order valence-electron chi connectivity index (χ0n) is 7.26. The lowest BCUT2D eigenvalue weighted by Gasteiger charge is -2.07. The van der Waals surface area contributed by atoms with Crippen LogP contribution in [0.3, 0.4) is 0 Å². The molecule has 0 fully saturated rings. The van der Waals surface area contributed by atoms with E-state index >= 15 is 0 Å². The molecule has 0 aromatic heterocycles. The third-order valence-corrected chi connectivity index (χ3v) is 1.73. The molecule has 0 aliphatic rings. The van der Waals surface area contributed by atoms with E-state index in [2.05, 4.69) is 5.32 Å². The molecule has 0 aliphatic heterocycles. The molecule has 66 valence electrons. The van der Waals surface area contributed by atoms with Gasteiger partial charge in [0.1, 0.15) is 6.17 Å². The Morgan fingerprint density at radius 3 is 2.58 bits per heavy atom. The van der Waals surface area contributed by atoms with Gasteiger partial charge in [-0.25, -0.2) is 4.39 Å². The summed E-state index contributed by atoms with van der Waals surface area (Å²) in [6, 6.07) is 9.22. The summed E-state index contributed by atoms with van der Waals surface area (Å²) < 4.78 is 13.3. The number of nitrogens with one attached hydrogen (secondary N) is 1. The molecular formula is C10H14FN. The van der Waals surface area contributed by atoms with Gasteiger partial charge in [-0.3, -0.25) is 0 Å². The van der Waals surface area contributed by atoms with Crippen molar-refractivity contribution >= 4 is 0 Å². The molecule has 0 saturated carbocycles. The lowest BCUT2D eigenvalue weighted by molar-refractivity contribution is 0.330. The number of alkyl halides is 1. The van der Waals surface area contributed by atoms with Gasteiger partial charge in [0.2, 0.25) is 0 Å². The summed E-state index contributed by atoms with van der Waals surface area (Å²) in [4.78, 5) is 0. The fraction of sp³-hybridized carbons (Fsp3) is 0.400. The number of halogens is 1. The van der Waals surface area contributed by atoms with E-state index in [0.717, 1.165) is 12.1 Å². The third kappa shape index (κ3) is 2.62. The first-order valence-corrected chi connectivity index (χ1v) is 4.24. The predicted octanol–water partition coefficient (Wildman–Crippen LogP) is 2.31. The Morgan fingerprint density at radius 2 is 2.00 bits per heavy atom. The van der Waals surface area contributed by atoms with Crippen molar-refractivity contribution in [3.8, 4) is 0 Å². The van der Waals surface area contributed by atoms with Crippen molar-refractivity contribution in [2.45, 2.75) is 13.1 Å². The average molecular weight is 167 g/mol. The first kappa shape index (κ1) is 9.20. The highest BCUT2D eigenvalue weighted by molar-refractivity contribution is 5.17. The van der Waals surface area contributed by atoms with Gasteiger partial charge in [-0.15, -0.1) is 0 Å². The maximum Gasteiger partial charge on any atom is 0.137 e. The molecule has 1 aromatic carbocycles. The SMILES string of the molecule is CCNCC(F)c1ccccc1. The van der Waals surface area contributed by atoms with E-state index < -0.39 is 6.17 Å². The van der Waals surface area contributed by atoms with Crippen LogP contribution in [0.5, 0.6) is 0 Å². The standard InChI is InChI=1S/C10H14FN/c1-2-12-8-10(11)9-6-4-3-5-7-9/h3-7,10,12H,2,8H2,1H3. The van der Waals surface area contributed by atoms with Gasteiger partial charge < -0.3 is 5.32 Å². The van der Waals surface area contributed by atoms with Crippen molar-refractivity contribution in [1.29, 1.82) is 0 Å². The van der Waals surface area contributed by atoms with Crippen LogP contribution in [0.15, 0.2) is 30.3 Å². The lowest BCUT2D eigenvalue weighted by atomic mass is 10.1. The van der Waals surface area contributed by atoms with Crippen molar-refractivity contribution < 1.29 is 4.39 Å². The number of rotatable bonds is 4. The highest BCUT2D eigenvalue weighted by atomic mass is 19.1. The molecule has 0 heterocycles. The van der Waals surface area contributed by atoms with Crippen LogP contribution in [-0.2, 0) is 0 Å². The van der Waals surface area contributed by atoms with Gasteiger partial charge in [0, 0.05) is 6.54 Å². The first-order valence-electron chi connectivity index (χ1n) is 4.24. The highest BCUT2D eigenvalue weighted by Crippen LogP contribution is 2.14. The van der Waals surface area contributed by atoms with Crippen LogP contribution in [-0.4, -0.2) is 13.1 Å². The van der Waals surface area contributed by atoms with Crippen LogP contribution in [0.4, 0.5) is 4.39 Å². The van der Waals surface area contributed by atoms with E-state index in [1.807, 2.05) is 37.3 Å². The molecule has 0 bridgehead atoms. The average Bonchev–Trinajstić information content (AvgIpc) is 2.15. The number of likely N-dealkylation sites (N-methyl/N-ethyl adjacent to an activating group) is 1. The molecule has 0 saturated heterocycles. The minimum absolute atomic E-state index is 0.403. The van der Waals surface area contributed by atoms with Gasteiger partial charge in [0.15, 0.2) is 0 Å². The third-order valence-electron chi connectivity index (χ3n) is 1.73. The van der Waals surface area contributed by atoms with Gasteiger partial charge in [-0.05, 0) is 12.1 Å². The van der Waals surface area contributed by atoms with Gasteiger partial charge in [-0.1, -0.05) is 37.3 Å². The molecule has 0 radical (unpaired) electrons. The van der Waals surface area contributed by atoms with Gasteiger partial charge >= 0.3 is 0 Å². The van der Waals surface area contributed by atoms with Gasteiger partial charge in [0.05, 0.1) is 0 Å². The molecule has 12 heavy (non-hydrogen) atoms. The monoisotopic (exact) mass is 167 g/mol. The summed E-state index contributed by atoms with van der Waals surface area (Å²) in [5.41, 5.74) is 0.749. The highest BCUT2D eigenvalue weighted by Gasteiger charge is 2.06. The molecular weight excluding hydrogens is 153 g/mol. The van der Waals surface area contributed by atoms with E-state index in [4.69, 9.17) is 0 Å². The molecule has 1 rings (SSSR count). The second kappa shape index (κ2) is 4.88. The van der Waals surface area contributed by atoms with Crippen LogP contribution >= 0.6 is 0 Å². The fourth-order valence-corrected chi connectivity index (χ4v) is 1.05. The second-order valence-corrected chi connectivity index (χ2v) is 2.69. The zero-order chi connectivity index (χ0) is 8.81. The molecule has 1 atom stereocenters. The van der Waals surface area contributed by atoms with Gasteiger partial charge in [0.25, 0.3) is 0 Å². The van der Waals surface area contributed by atoms with E-state index in [1.165, 1.54) is 0 Å².